The number of hydrogen-bond donors (Lipinski definition) is 1. The monoisotopic (exact) mass is 342 g/mol. The molecule has 0 aliphatic carbocycles. The standard InChI is InChI=1S/C13H19BrN4O2/c1-10(9-17-4-2-3-5-17)7-15-13-12(18(19)20)6-11(14)8-16-13/h6,8,10H,2-5,7,9H2,1H3,(H,15,16). The lowest BCUT2D eigenvalue weighted by Crippen LogP contribution is -2.29. The lowest BCUT2D eigenvalue weighted by atomic mass is 10.1. The van der Waals surface area contributed by atoms with Crippen LogP contribution in [-0.4, -0.2) is 41.0 Å². The van der Waals surface area contributed by atoms with E-state index in [9.17, 15) is 10.1 Å². The zero-order chi connectivity index (χ0) is 14.5. The molecule has 2 rings (SSSR count). The van der Waals surface area contributed by atoms with Crippen molar-refractivity contribution in [3.63, 3.8) is 0 Å². The number of anilines is 1. The van der Waals surface area contributed by atoms with Crippen molar-refractivity contribution in [2.75, 3.05) is 31.5 Å². The van der Waals surface area contributed by atoms with Crippen LogP contribution in [0.25, 0.3) is 0 Å². The summed E-state index contributed by atoms with van der Waals surface area (Å²) in [7, 11) is 0. The number of rotatable bonds is 6. The second-order valence-corrected chi connectivity index (χ2v) is 6.19. The van der Waals surface area contributed by atoms with Crippen LogP contribution in [0.1, 0.15) is 19.8 Å². The Morgan fingerprint density at radius 3 is 2.90 bits per heavy atom. The van der Waals surface area contributed by atoms with E-state index in [2.05, 4.69) is 38.1 Å². The maximum Gasteiger partial charge on any atom is 0.312 e. The summed E-state index contributed by atoms with van der Waals surface area (Å²) in [5.74, 6) is 0.768. The molecule has 6 nitrogen and oxygen atoms in total. The number of halogens is 1. The fourth-order valence-corrected chi connectivity index (χ4v) is 2.76. The second kappa shape index (κ2) is 6.99. The van der Waals surface area contributed by atoms with Gasteiger partial charge in [0.15, 0.2) is 0 Å². The molecule has 1 aromatic heterocycles. The topological polar surface area (TPSA) is 71.3 Å². The highest BCUT2D eigenvalue weighted by molar-refractivity contribution is 9.10. The van der Waals surface area contributed by atoms with Gasteiger partial charge in [-0.3, -0.25) is 10.1 Å². The quantitative estimate of drug-likeness (QED) is 0.635. The number of nitro groups is 1. The van der Waals surface area contributed by atoms with E-state index in [1.165, 1.54) is 32.0 Å². The van der Waals surface area contributed by atoms with E-state index >= 15 is 0 Å². The van der Waals surface area contributed by atoms with Crippen LogP contribution in [0, 0.1) is 16.0 Å². The van der Waals surface area contributed by atoms with E-state index in [1.54, 1.807) is 6.20 Å². The van der Waals surface area contributed by atoms with Crippen molar-refractivity contribution < 1.29 is 4.92 Å². The number of nitrogens with one attached hydrogen (secondary N) is 1. The molecule has 0 spiro atoms. The van der Waals surface area contributed by atoms with Gasteiger partial charge in [-0.2, -0.15) is 0 Å². The van der Waals surface area contributed by atoms with Gasteiger partial charge >= 0.3 is 5.69 Å². The van der Waals surface area contributed by atoms with Crippen LogP contribution in [0.5, 0.6) is 0 Å². The first kappa shape index (κ1) is 15.2. The maximum atomic E-state index is 11.0. The molecule has 1 aliphatic rings. The first-order valence-electron chi connectivity index (χ1n) is 6.82. The molecule has 2 heterocycles. The van der Waals surface area contributed by atoms with Crippen LogP contribution in [0.4, 0.5) is 11.5 Å². The van der Waals surface area contributed by atoms with Crippen molar-refractivity contribution in [3.05, 3.63) is 26.9 Å². The Bertz CT molecular complexity index is 477. The summed E-state index contributed by atoms with van der Waals surface area (Å²) in [6.07, 6.45) is 4.13. The molecule has 1 aromatic rings. The van der Waals surface area contributed by atoms with Gasteiger partial charge in [-0.1, -0.05) is 6.92 Å². The van der Waals surface area contributed by atoms with Crippen molar-refractivity contribution in [1.82, 2.24) is 9.88 Å². The highest BCUT2D eigenvalue weighted by Crippen LogP contribution is 2.25. The lowest BCUT2D eigenvalue weighted by Gasteiger charge is -2.20. The average Bonchev–Trinajstić information content (AvgIpc) is 2.90. The lowest BCUT2D eigenvalue weighted by molar-refractivity contribution is -0.384. The van der Waals surface area contributed by atoms with Gasteiger partial charge in [0.05, 0.1) is 4.92 Å². The van der Waals surface area contributed by atoms with E-state index in [-0.39, 0.29) is 5.69 Å². The normalized spacial score (nSPS) is 17.1. The second-order valence-electron chi connectivity index (χ2n) is 5.27. The summed E-state index contributed by atoms with van der Waals surface area (Å²) >= 11 is 3.20. The van der Waals surface area contributed by atoms with Crippen molar-refractivity contribution in [2.45, 2.75) is 19.8 Å². The van der Waals surface area contributed by atoms with Crippen LogP contribution in [-0.2, 0) is 0 Å². The van der Waals surface area contributed by atoms with Crippen molar-refractivity contribution in [3.8, 4) is 0 Å². The maximum absolute atomic E-state index is 11.0. The van der Waals surface area contributed by atoms with Gasteiger partial charge < -0.3 is 10.2 Å². The summed E-state index contributed by atoms with van der Waals surface area (Å²) < 4.78 is 0.611. The number of hydrogen-bond acceptors (Lipinski definition) is 5. The number of likely N-dealkylation sites (tertiary alicyclic amines) is 1. The number of aromatic nitrogens is 1. The third-order valence-electron chi connectivity index (χ3n) is 3.42. The molecule has 1 unspecified atom stereocenters. The minimum absolute atomic E-state index is 0.00717. The molecule has 1 fully saturated rings. The Hall–Kier alpha value is -1.21. The zero-order valence-electron chi connectivity index (χ0n) is 11.5. The predicted molar refractivity (Wildman–Crippen MR) is 81.9 cm³/mol. The third kappa shape index (κ3) is 4.14. The van der Waals surface area contributed by atoms with Crippen LogP contribution >= 0.6 is 15.9 Å². The summed E-state index contributed by atoms with van der Waals surface area (Å²) in [6, 6.07) is 1.47. The third-order valence-corrected chi connectivity index (χ3v) is 3.85. The Morgan fingerprint density at radius 1 is 1.55 bits per heavy atom. The largest absolute Gasteiger partial charge is 0.364 e. The minimum Gasteiger partial charge on any atom is -0.364 e. The molecule has 0 bridgehead atoms. The van der Waals surface area contributed by atoms with Crippen LogP contribution in [0.15, 0.2) is 16.7 Å². The van der Waals surface area contributed by atoms with Crippen molar-refractivity contribution >= 4 is 27.4 Å². The van der Waals surface area contributed by atoms with Gasteiger partial charge in [0, 0.05) is 29.8 Å². The molecule has 0 saturated carbocycles. The predicted octanol–water partition coefficient (Wildman–Crippen LogP) is 2.90. The Labute approximate surface area is 126 Å². The van der Waals surface area contributed by atoms with E-state index in [4.69, 9.17) is 0 Å². The molecule has 1 N–H and O–H groups in total. The fourth-order valence-electron chi connectivity index (χ4n) is 2.45. The molecule has 7 heteroatoms. The SMILES string of the molecule is CC(CNc1ncc(Br)cc1[N+](=O)[O-])CN1CCCC1. The van der Waals surface area contributed by atoms with E-state index < -0.39 is 4.92 Å². The molecule has 1 saturated heterocycles. The highest BCUT2D eigenvalue weighted by atomic mass is 79.9. The molecule has 1 aliphatic heterocycles. The molecule has 0 aromatic carbocycles. The molecule has 0 amide bonds. The van der Waals surface area contributed by atoms with Crippen LogP contribution in [0.2, 0.25) is 0 Å². The van der Waals surface area contributed by atoms with E-state index in [0.29, 0.717) is 22.8 Å². The molecular weight excluding hydrogens is 324 g/mol. The first-order valence-corrected chi connectivity index (χ1v) is 7.61. The van der Waals surface area contributed by atoms with Gasteiger partial charge in [-0.15, -0.1) is 0 Å². The van der Waals surface area contributed by atoms with E-state index in [0.717, 1.165) is 6.54 Å². The molecular formula is C13H19BrN4O2. The Morgan fingerprint density at radius 2 is 2.25 bits per heavy atom. The smallest absolute Gasteiger partial charge is 0.312 e. The van der Waals surface area contributed by atoms with Gasteiger partial charge in [-0.25, -0.2) is 4.98 Å². The van der Waals surface area contributed by atoms with Gasteiger partial charge in [-0.05, 0) is 47.8 Å². The van der Waals surface area contributed by atoms with Gasteiger partial charge in [0.2, 0.25) is 5.82 Å². The van der Waals surface area contributed by atoms with Crippen LogP contribution in [0.3, 0.4) is 0 Å². The zero-order valence-corrected chi connectivity index (χ0v) is 13.1. The molecule has 0 radical (unpaired) electrons. The Balaban J connectivity index is 1.91. The molecule has 110 valence electrons. The van der Waals surface area contributed by atoms with Crippen molar-refractivity contribution in [2.24, 2.45) is 5.92 Å². The van der Waals surface area contributed by atoms with Gasteiger partial charge in [0.25, 0.3) is 0 Å². The summed E-state index contributed by atoms with van der Waals surface area (Å²) in [6.45, 7) is 6.20. The number of nitrogens with zero attached hydrogens (tertiary/aromatic N) is 3. The highest BCUT2D eigenvalue weighted by Gasteiger charge is 2.18. The summed E-state index contributed by atoms with van der Waals surface area (Å²) in [5.41, 5.74) is 0.00717. The fraction of sp³-hybridized carbons (Fsp3) is 0.615. The molecule has 20 heavy (non-hydrogen) atoms. The van der Waals surface area contributed by atoms with Gasteiger partial charge in [0.1, 0.15) is 0 Å². The van der Waals surface area contributed by atoms with Crippen LogP contribution < -0.4 is 5.32 Å². The molecule has 1 atom stereocenters. The first-order chi connectivity index (χ1) is 9.56. The Kier molecular flexibility index (Phi) is 5.31. The average molecular weight is 343 g/mol. The minimum atomic E-state index is -0.411. The van der Waals surface area contributed by atoms with E-state index in [1.807, 2.05) is 0 Å². The summed E-state index contributed by atoms with van der Waals surface area (Å²) in [5, 5.41) is 14.1. The summed E-state index contributed by atoms with van der Waals surface area (Å²) in [4.78, 5) is 17.1. The number of pyridine rings is 1. The van der Waals surface area contributed by atoms with Crippen molar-refractivity contribution in [1.29, 1.82) is 0 Å².